The van der Waals surface area contributed by atoms with E-state index in [-0.39, 0.29) is 5.41 Å². The number of nitrogens with one attached hydrogen (secondary N) is 1. The van der Waals surface area contributed by atoms with E-state index in [0.29, 0.717) is 0 Å². The molecule has 0 saturated carbocycles. The van der Waals surface area contributed by atoms with Crippen molar-refractivity contribution < 1.29 is 0 Å². The van der Waals surface area contributed by atoms with Crippen LogP contribution in [-0.2, 0) is 5.41 Å². The van der Waals surface area contributed by atoms with Crippen LogP contribution in [0.4, 0.5) is 0 Å². The van der Waals surface area contributed by atoms with Crippen molar-refractivity contribution in [3.63, 3.8) is 0 Å². The first-order chi connectivity index (χ1) is 8.38. The molecule has 0 aliphatic heterocycles. The molecular weight excluding hydrogens is 218 g/mol. The topological polar surface area (TPSA) is 12.0 Å². The minimum Gasteiger partial charge on any atom is -0.317 e. The van der Waals surface area contributed by atoms with Gasteiger partial charge in [-0.1, -0.05) is 32.9 Å². The fraction of sp³-hybridized carbons (Fsp3) is 0.647. The molecule has 0 aliphatic carbocycles. The Hall–Kier alpha value is -0.820. The molecule has 0 spiro atoms. The maximum atomic E-state index is 3.51. The van der Waals surface area contributed by atoms with Crippen LogP contribution in [-0.4, -0.2) is 13.1 Å². The van der Waals surface area contributed by atoms with Crippen LogP contribution in [0.5, 0.6) is 0 Å². The molecule has 0 radical (unpaired) electrons. The average Bonchev–Trinajstić information content (AvgIpc) is 2.29. The summed E-state index contributed by atoms with van der Waals surface area (Å²) in [5, 5.41) is 3.51. The number of rotatable bonds is 6. The van der Waals surface area contributed by atoms with Crippen LogP contribution in [0.1, 0.15) is 55.9 Å². The SMILES string of the molecule is CCCNCCC(C)(C)c1cc(C)c(C)cc1C. The number of aryl methyl sites for hydroxylation is 3. The van der Waals surface area contributed by atoms with Crippen LogP contribution in [0.15, 0.2) is 12.1 Å². The first-order valence-corrected chi connectivity index (χ1v) is 7.17. The molecule has 1 heteroatoms. The van der Waals surface area contributed by atoms with Crippen molar-refractivity contribution >= 4 is 0 Å². The Morgan fingerprint density at radius 2 is 1.56 bits per heavy atom. The van der Waals surface area contributed by atoms with Gasteiger partial charge in [0.25, 0.3) is 0 Å². The van der Waals surface area contributed by atoms with Crippen molar-refractivity contribution in [3.8, 4) is 0 Å². The molecule has 1 nitrogen and oxygen atoms in total. The number of benzene rings is 1. The summed E-state index contributed by atoms with van der Waals surface area (Å²) >= 11 is 0. The average molecular weight is 247 g/mol. The Balaban J connectivity index is 2.80. The molecule has 0 fully saturated rings. The smallest absolute Gasteiger partial charge is 0.00406 e. The summed E-state index contributed by atoms with van der Waals surface area (Å²) in [6.07, 6.45) is 2.40. The summed E-state index contributed by atoms with van der Waals surface area (Å²) in [6, 6.07) is 4.70. The first-order valence-electron chi connectivity index (χ1n) is 7.17. The summed E-state index contributed by atoms with van der Waals surface area (Å²) in [5.41, 5.74) is 5.99. The van der Waals surface area contributed by atoms with Crippen LogP contribution in [0, 0.1) is 20.8 Å². The van der Waals surface area contributed by atoms with Gasteiger partial charge in [0.2, 0.25) is 0 Å². The lowest BCUT2D eigenvalue weighted by molar-refractivity contribution is 0.455. The molecule has 0 atom stereocenters. The maximum Gasteiger partial charge on any atom is -0.00406 e. The highest BCUT2D eigenvalue weighted by molar-refractivity contribution is 5.40. The highest BCUT2D eigenvalue weighted by Gasteiger charge is 2.22. The van der Waals surface area contributed by atoms with E-state index in [0.717, 1.165) is 13.1 Å². The van der Waals surface area contributed by atoms with E-state index in [1.54, 1.807) is 0 Å². The molecule has 0 unspecified atom stereocenters. The van der Waals surface area contributed by atoms with Gasteiger partial charge in [-0.3, -0.25) is 0 Å². The molecular formula is C17H29N. The second-order valence-corrected chi connectivity index (χ2v) is 6.14. The second-order valence-electron chi connectivity index (χ2n) is 6.14. The maximum absolute atomic E-state index is 3.51. The Morgan fingerprint density at radius 3 is 2.17 bits per heavy atom. The van der Waals surface area contributed by atoms with Crippen LogP contribution >= 0.6 is 0 Å². The van der Waals surface area contributed by atoms with Gasteiger partial charge < -0.3 is 5.32 Å². The van der Waals surface area contributed by atoms with Crippen LogP contribution in [0.3, 0.4) is 0 Å². The van der Waals surface area contributed by atoms with E-state index in [4.69, 9.17) is 0 Å². The van der Waals surface area contributed by atoms with Crippen LogP contribution in [0.2, 0.25) is 0 Å². The van der Waals surface area contributed by atoms with Gasteiger partial charge in [-0.25, -0.2) is 0 Å². The quantitative estimate of drug-likeness (QED) is 0.740. The monoisotopic (exact) mass is 247 g/mol. The van der Waals surface area contributed by atoms with Crippen molar-refractivity contribution in [2.45, 2.75) is 59.8 Å². The molecule has 102 valence electrons. The van der Waals surface area contributed by atoms with Gasteiger partial charge in [0.1, 0.15) is 0 Å². The largest absolute Gasteiger partial charge is 0.317 e. The van der Waals surface area contributed by atoms with E-state index in [9.17, 15) is 0 Å². The summed E-state index contributed by atoms with van der Waals surface area (Å²) < 4.78 is 0. The second kappa shape index (κ2) is 6.38. The third-order valence-corrected chi connectivity index (χ3v) is 3.92. The first kappa shape index (κ1) is 15.2. The molecule has 1 N–H and O–H groups in total. The predicted molar refractivity (Wildman–Crippen MR) is 81.5 cm³/mol. The van der Waals surface area contributed by atoms with Gasteiger partial charge in [-0.2, -0.15) is 0 Å². The van der Waals surface area contributed by atoms with Crippen LogP contribution < -0.4 is 5.32 Å². The van der Waals surface area contributed by atoms with E-state index in [1.165, 1.54) is 35.1 Å². The normalized spacial score (nSPS) is 11.9. The fourth-order valence-corrected chi connectivity index (χ4v) is 2.53. The zero-order valence-corrected chi connectivity index (χ0v) is 13.0. The highest BCUT2D eigenvalue weighted by atomic mass is 14.8. The molecule has 1 aromatic rings. The van der Waals surface area contributed by atoms with Gasteiger partial charge in [0.15, 0.2) is 0 Å². The Labute approximate surface area is 113 Å². The van der Waals surface area contributed by atoms with Crippen LogP contribution in [0.25, 0.3) is 0 Å². The Kier molecular flexibility index (Phi) is 5.40. The molecule has 0 saturated heterocycles. The standard InChI is InChI=1S/C17H29N/c1-7-9-18-10-8-17(5,6)16-12-14(3)13(2)11-15(16)4/h11-12,18H,7-10H2,1-6H3. The highest BCUT2D eigenvalue weighted by Crippen LogP contribution is 2.31. The molecule has 0 aromatic heterocycles. The lowest BCUT2D eigenvalue weighted by Gasteiger charge is -2.28. The summed E-state index contributed by atoms with van der Waals surface area (Å²) in [7, 11) is 0. The van der Waals surface area contributed by atoms with Crippen molar-refractivity contribution in [2.75, 3.05) is 13.1 Å². The number of hydrogen-bond acceptors (Lipinski definition) is 1. The summed E-state index contributed by atoms with van der Waals surface area (Å²) in [6.45, 7) is 15.8. The molecule has 1 rings (SSSR count). The van der Waals surface area contributed by atoms with E-state index < -0.39 is 0 Å². The fourth-order valence-electron chi connectivity index (χ4n) is 2.53. The zero-order chi connectivity index (χ0) is 13.8. The van der Waals surface area contributed by atoms with Crippen molar-refractivity contribution in [1.82, 2.24) is 5.32 Å². The predicted octanol–water partition coefficient (Wildman–Crippen LogP) is 4.28. The van der Waals surface area contributed by atoms with Gasteiger partial charge >= 0.3 is 0 Å². The van der Waals surface area contributed by atoms with Gasteiger partial charge in [-0.15, -0.1) is 0 Å². The minimum atomic E-state index is 0.253. The molecule has 18 heavy (non-hydrogen) atoms. The Morgan fingerprint density at radius 1 is 0.944 bits per heavy atom. The van der Waals surface area contributed by atoms with Crippen molar-refractivity contribution in [3.05, 3.63) is 34.4 Å². The number of hydrogen-bond donors (Lipinski definition) is 1. The van der Waals surface area contributed by atoms with Gasteiger partial charge in [0.05, 0.1) is 0 Å². The van der Waals surface area contributed by atoms with E-state index >= 15 is 0 Å². The van der Waals surface area contributed by atoms with Gasteiger partial charge in [-0.05, 0) is 74.4 Å². The van der Waals surface area contributed by atoms with Gasteiger partial charge in [0, 0.05) is 0 Å². The Bertz CT molecular complexity index is 391. The molecule has 0 aliphatic rings. The minimum absolute atomic E-state index is 0.253. The van der Waals surface area contributed by atoms with E-state index in [1.807, 2.05) is 0 Å². The van der Waals surface area contributed by atoms with Crippen molar-refractivity contribution in [1.29, 1.82) is 0 Å². The summed E-state index contributed by atoms with van der Waals surface area (Å²) in [4.78, 5) is 0. The van der Waals surface area contributed by atoms with E-state index in [2.05, 4.69) is 59.0 Å². The molecule has 0 amide bonds. The van der Waals surface area contributed by atoms with Crippen molar-refractivity contribution in [2.24, 2.45) is 0 Å². The molecule has 1 aromatic carbocycles. The third kappa shape index (κ3) is 3.84. The molecule has 0 heterocycles. The zero-order valence-electron chi connectivity index (χ0n) is 13.0. The lowest BCUT2D eigenvalue weighted by atomic mass is 9.78. The third-order valence-electron chi connectivity index (χ3n) is 3.92. The lowest BCUT2D eigenvalue weighted by Crippen LogP contribution is -2.26. The molecule has 0 bridgehead atoms. The summed E-state index contributed by atoms with van der Waals surface area (Å²) in [5.74, 6) is 0.